The van der Waals surface area contributed by atoms with Crippen LogP contribution in [0, 0.1) is 5.82 Å². The van der Waals surface area contributed by atoms with Crippen molar-refractivity contribution in [2.75, 3.05) is 5.75 Å². The highest BCUT2D eigenvalue weighted by Gasteiger charge is 2.18. The van der Waals surface area contributed by atoms with Crippen LogP contribution in [-0.4, -0.2) is 25.3 Å². The van der Waals surface area contributed by atoms with Crippen LogP contribution in [0.1, 0.15) is 6.92 Å². The van der Waals surface area contributed by atoms with E-state index < -0.39 is 5.82 Å². The molecule has 0 unspecified atom stereocenters. The molecule has 3 aromatic rings. The lowest BCUT2D eigenvalue weighted by Crippen LogP contribution is -2.00. The molecule has 3 rings (SSSR count). The smallest absolute Gasteiger partial charge is 0.189 e. The van der Waals surface area contributed by atoms with Gasteiger partial charge in [0.1, 0.15) is 15.3 Å². The number of thioether (sulfide) groups is 1. The minimum atomic E-state index is -0.492. The van der Waals surface area contributed by atoms with Crippen molar-refractivity contribution in [1.29, 1.82) is 0 Å². The predicted molar refractivity (Wildman–Crippen MR) is 77.4 cm³/mol. The molecule has 19 heavy (non-hydrogen) atoms. The number of hydrogen-bond donors (Lipinski definition) is 0. The monoisotopic (exact) mass is 360 g/mol. The molecule has 8 heteroatoms. The summed E-state index contributed by atoms with van der Waals surface area (Å²) in [5, 5.41) is 5.21. The second kappa shape index (κ2) is 4.88. The summed E-state index contributed by atoms with van der Waals surface area (Å²) in [7, 11) is 0. The van der Waals surface area contributed by atoms with Crippen LogP contribution in [0.3, 0.4) is 0 Å². The fraction of sp³-hybridized carbons (Fsp3) is 0.182. The summed E-state index contributed by atoms with van der Waals surface area (Å²) in [4.78, 5) is 8.42. The Morgan fingerprint density at radius 3 is 3.00 bits per heavy atom. The van der Waals surface area contributed by atoms with Crippen LogP contribution in [0.25, 0.3) is 16.4 Å². The molecule has 0 saturated carbocycles. The molecule has 4 nitrogen and oxygen atoms in total. The molecule has 0 bridgehead atoms. The third kappa shape index (κ3) is 2.00. The van der Waals surface area contributed by atoms with E-state index in [1.165, 1.54) is 16.3 Å². The fourth-order valence-corrected chi connectivity index (χ4v) is 3.19. The van der Waals surface area contributed by atoms with Crippen molar-refractivity contribution in [2.24, 2.45) is 0 Å². The lowest BCUT2D eigenvalue weighted by molar-refractivity contribution is 0.612. The van der Waals surface area contributed by atoms with Crippen molar-refractivity contribution in [1.82, 2.24) is 19.6 Å². The van der Waals surface area contributed by atoms with Gasteiger partial charge in [-0.3, -0.25) is 0 Å². The number of nitrogens with zero attached hydrogens (tertiary/aromatic N) is 4. The van der Waals surface area contributed by atoms with Crippen LogP contribution in [0.5, 0.6) is 0 Å². The zero-order valence-corrected chi connectivity index (χ0v) is 12.9. The van der Waals surface area contributed by atoms with Gasteiger partial charge in [-0.25, -0.2) is 18.9 Å². The molecule has 0 aromatic carbocycles. The molecule has 0 aliphatic carbocycles. The first-order valence-electron chi connectivity index (χ1n) is 5.44. The molecule has 0 atom stereocenters. The van der Waals surface area contributed by atoms with E-state index in [4.69, 9.17) is 11.6 Å². The Bertz CT molecular complexity index is 791. The quantitative estimate of drug-likeness (QED) is 0.300. The number of aromatic nitrogens is 4. The van der Waals surface area contributed by atoms with E-state index in [-0.39, 0.29) is 15.3 Å². The SMILES string of the molecule is CCSc1nc(Cl)c2c(n1)c(F)c(Br)n1nccc21. The Balaban J connectivity index is 2.49. The molecular weight excluding hydrogens is 355 g/mol. The molecule has 3 heterocycles. The molecule has 0 saturated heterocycles. The van der Waals surface area contributed by atoms with E-state index in [0.717, 1.165) is 5.75 Å². The summed E-state index contributed by atoms with van der Waals surface area (Å²) in [6, 6.07) is 1.74. The van der Waals surface area contributed by atoms with Crippen molar-refractivity contribution in [3.8, 4) is 0 Å². The normalized spacial score (nSPS) is 11.6. The summed E-state index contributed by atoms with van der Waals surface area (Å²) in [6.45, 7) is 1.97. The summed E-state index contributed by atoms with van der Waals surface area (Å²) in [5.74, 6) is 0.299. The van der Waals surface area contributed by atoms with Crippen molar-refractivity contribution in [3.63, 3.8) is 0 Å². The van der Waals surface area contributed by atoms with Gasteiger partial charge in [0.15, 0.2) is 11.0 Å². The van der Waals surface area contributed by atoms with Crippen molar-refractivity contribution in [2.45, 2.75) is 12.1 Å². The van der Waals surface area contributed by atoms with Crippen LogP contribution in [0.4, 0.5) is 4.39 Å². The van der Waals surface area contributed by atoms with E-state index in [2.05, 4.69) is 31.0 Å². The minimum absolute atomic E-state index is 0.204. The van der Waals surface area contributed by atoms with Crippen LogP contribution in [0.2, 0.25) is 5.15 Å². The molecule has 0 spiro atoms. The largest absolute Gasteiger partial charge is 0.223 e. The highest BCUT2D eigenvalue weighted by molar-refractivity contribution is 9.10. The van der Waals surface area contributed by atoms with Gasteiger partial charge in [0, 0.05) is 0 Å². The van der Waals surface area contributed by atoms with Gasteiger partial charge in [-0.05, 0) is 27.7 Å². The first-order chi connectivity index (χ1) is 9.13. The van der Waals surface area contributed by atoms with Crippen molar-refractivity contribution in [3.05, 3.63) is 27.8 Å². The Morgan fingerprint density at radius 1 is 1.47 bits per heavy atom. The second-order valence-corrected chi connectivity index (χ2v) is 6.03. The van der Waals surface area contributed by atoms with Gasteiger partial charge >= 0.3 is 0 Å². The standard InChI is InChI=1S/C11H7BrClFN4S/c1-2-19-11-16-8-6(10(13)17-11)5-3-4-15-18(5)9(12)7(8)14/h3-4H,2H2,1H3. The summed E-state index contributed by atoms with van der Waals surface area (Å²) in [6.07, 6.45) is 1.57. The topological polar surface area (TPSA) is 43.1 Å². The van der Waals surface area contributed by atoms with Crippen LogP contribution < -0.4 is 0 Å². The van der Waals surface area contributed by atoms with Gasteiger partial charge in [0.05, 0.1) is 17.1 Å². The minimum Gasteiger partial charge on any atom is -0.223 e. The Hall–Kier alpha value is -0.920. The highest BCUT2D eigenvalue weighted by atomic mass is 79.9. The number of fused-ring (bicyclic) bond motifs is 3. The Morgan fingerprint density at radius 2 is 2.26 bits per heavy atom. The first-order valence-corrected chi connectivity index (χ1v) is 7.60. The van der Waals surface area contributed by atoms with Gasteiger partial charge in [0.25, 0.3) is 0 Å². The third-order valence-electron chi connectivity index (χ3n) is 2.59. The Kier molecular flexibility index (Phi) is 3.36. The van der Waals surface area contributed by atoms with Gasteiger partial charge in [-0.1, -0.05) is 30.3 Å². The van der Waals surface area contributed by atoms with E-state index in [1.54, 1.807) is 12.3 Å². The van der Waals surface area contributed by atoms with Crippen molar-refractivity contribution < 1.29 is 4.39 Å². The van der Waals surface area contributed by atoms with Gasteiger partial charge < -0.3 is 0 Å². The first kappa shape index (κ1) is 13.1. The number of pyridine rings is 1. The summed E-state index contributed by atoms with van der Waals surface area (Å²) >= 11 is 10.8. The van der Waals surface area contributed by atoms with Crippen LogP contribution in [0.15, 0.2) is 22.0 Å². The van der Waals surface area contributed by atoms with E-state index in [0.29, 0.717) is 16.1 Å². The lowest BCUT2D eigenvalue weighted by atomic mass is 10.2. The summed E-state index contributed by atoms with van der Waals surface area (Å²) < 4.78 is 16.0. The maximum absolute atomic E-state index is 14.3. The molecule has 0 amide bonds. The van der Waals surface area contributed by atoms with Gasteiger partial charge in [0.2, 0.25) is 0 Å². The zero-order valence-electron chi connectivity index (χ0n) is 9.69. The average molecular weight is 362 g/mol. The van der Waals surface area contributed by atoms with Gasteiger partial charge in [-0.15, -0.1) is 0 Å². The third-order valence-corrected chi connectivity index (χ3v) is 4.28. The predicted octanol–water partition coefficient (Wildman–Crippen LogP) is 3.94. The maximum atomic E-state index is 14.3. The summed E-state index contributed by atoms with van der Waals surface area (Å²) in [5.41, 5.74) is 0.872. The second-order valence-electron chi connectivity index (χ2n) is 3.69. The molecule has 98 valence electrons. The van der Waals surface area contributed by atoms with Gasteiger partial charge in [-0.2, -0.15) is 5.10 Å². The number of rotatable bonds is 2. The average Bonchev–Trinajstić information content (AvgIpc) is 2.85. The molecule has 3 aromatic heterocycles. The Labute approximate surface area is 125 Å². The molecule has 0 aliphatic rings. The van der Waals surface area contributed by atoms with E-state index in [9.17, 15) is 4.39 Å². The van der Waals surface area contributed by atoms with Crippen LogP contribution >= 0.6 is 39.3 Å². The molecule has 0 fully saturated rings. The maximum Gasteiger partial charge on any atom is 0.189 e. The molecule has 0 radical (unpaired) electrons. The number of hydrogen-bond acceptors (Lipinski definition) is 4. The van der Waals surface area contributed by atoms with Crippen LogP contribution in [-0.2, 0) is 0 Å². The highest BCUT2D eigenvalue weighted by Crippen LogP contribution is 2.32. The number of halogens is 3. The fourth-order valence-electron chi connectivity index (χ4n) is 1.83. The molecule has 0 aliphatic heterocycles. The van der Waals surface area contributed by atoms with E-state index >= 15 is 0 Å². The lowest BCUT2D eigenvalue weighted by Gasteiger charge is -2.08. The zero-order chi connectivity index (χ0) is 13.6. The molecule has 0 N–H and O–H groups in total. The van der Waals surface area contributed by atoms with Crippen molar-refractivity contribution >= 4 is 55.7 Å². The van der Waals surface area contributed by atoms with E-state index in [1.807, 2.05) is 6.92 Å². The molecular formula is C11H7BrClFN4S.